The molecule has 0 bridgehead atoms. The van der Waals surface area contributed by atoms with Gasteiger partial charge in [0.05, 0.1) is 0 Å². The summed E-state index contributed by atoms with van der Waals surface area (Å²) in [6, 6.07) is 0. The van der Waals surface area contributed by atoms with Crippen LogP contribution in [0.15, 0.2) is 0 Å². The standard InChI is InChI=1S/C20H42N4O/c1-4-5-7-14-23-16-10-17-24(19-18-23)15-8-6-11-20(25)21-12-9-13-22(2)3/h4-19H2,1-3H3,(H,21,25). The molecule has 0 aromatic rings. The Hall–Kier alpha value is -0.650. The van der Waals surface area contributed by atoms with Crippen LogP contribution in [0.3, 0.4) is 0 Å². The summed E-state index contributed by atoms with van der Waals surface area (Å²) in [4.78, 5) is 19.2. The molecular weight excluding hydrogens is 312 g/mol. The van der Waals surface area contributed by atoms with E-state index >= 15 is 0 Å². The van der Waals surface area contributed by atoms with Crippen LogP contribution in [0.1, 0.15) is 58.3 Å². The van der Waals surface area contributed by atoms with Gasteiger partial charge in [0.15, 0.2) is 0 Å². The fraction of sp³-hybridized carbons (Fsp3) is 0.950. The van der Waals surface area contributed by atoms with Gasteiger partial charge >= 0.3 is 0 Å². The van der Waals surface area contributed by atoms with E-state index < -0.39 is 0 Å². The Morgan fingerprint density at radius 3 is 2.16 bits per heavy atom. The van der Waals surface area contributed by atoms with E-state index in [-0.39, 0.29) is 5.91 Å². The molecule has 1 heterocycles. The van der Waals surface area contributed by atoms with E-state index in [9.17, 15) is 4.79 Å². The summed E-state index contributed by atoms with van der Waals surface area (Å²) < 4.78 is 0. The lowest BCUT2D eigenvalue weighted by molar-refractivity contribution is -0.121. The number of nitrogens with one attached hydrogen (secondary N) is 1. The fourth-order valence-electron chi connectivity index (χ4n) is 3.39. The zero-order valence-corrected chi connectivity index (χ0v) is 17.1. The van der Waals surface area contributed by atoms with Crippen LogP contribution in [0.25, 0.3) is 0 Å². The van der Waals surface area contributed by atoms with E-state index in [2.05, 4.69) is 41.0 Å². The number of nitrogens with zero attached hydrogens (tertiary/aromatic N) is 3. The van der Waals surface area contributed by atoms with Gasteiger partial charge in [0.2, 0.25) is 5.91 Å². The molecular formula is C20H42N4O. The van der Waals surface area contributed by atoms with Crippen molar-refractivity contribution in [1.82, 2.24) is 20.0 Å². The summed E-state index contributed by atoms with van der Waals surface area (Å²) >= 11 is 0. The smallest absolute Gasteiger partial charge is 0.219 e. The molecule has 1 amide bonds. The van der Waals surface area contributed by atoms with Gasteiger partial charge in [-0.1, -0.05) is 19.8 Å². The monoisotopic (exact) mass is 354 g/mol. The predicted molar refractivity (Wildman–Crippen MR) is 107 cm³/mol. The molecule has 1 fully saturated rings. The van der Waals surface area contributed by atoms with Crippen molar-refractivity contribution in [2.45, 2.75) is 58.3 Å². The van der Waals surface area contributed by atoms with Crippen molar-refractivity contribution >= 4 is 5.91 Å². The molecule has 0 aliphatic carbocycles. The van der Waals surface area contributed by atoms with Gasteiger partial charge in [-0.15, -0.1) is 0 Å². The van der Waals surface area contributed by atoms with Crippen molar-refractivity contribution in [3.05, 3.63) is 0 Å². The molecule has 148 valence electrons. The van der Waals surface area contributed by atoms with Crippen LogP contribution in [0.5, 0.6) is 0 Å². The second-order valence-corrected chi connectivity index (χ2v) is 7.71. The Morgan fingerprint density at radius 2 is 1.56 bits per heavy atom. The minimum absolute atomic E-state index is 0.219. The Morgan fingerprint density at radius 1 is 0.920 bits per heavy atom. The SMILES string of the molecule is CCCCCN1CCCN(CCCCC(=O)NCCCN(C)C)CC1. The number of amides is 1. The number of hydrogen-bond acceptors (Lipinski definition) is 4. The van der Waals surface area contributed by atoms with E-state index in [0.717, 1.165) is 38.9 Å². The third-order valence-electron chi connectivity index (χ3n) is 4.99. The first-order valence-electron chi connectivity index (χ1n) is 10.5. The molecule has 25 heavy (non-hydrogen) atoms. The van der Waals surface area contributed by atoms with Crippen LogP contribution in [0, 0.1) is 0 Å². The van der Waals surface area contributed by atoms with Crippen molar-refractivity contribution in [1.29, 1.82) is 0 Å². The molecule has 0 aromatic carbocycles. The van der Waals surface area contributed by atoms with Crippen LogP contribution in [0.2, 0.25) is 0 Å². The van der Waals surface area contributed by atoms with Crippen LogP contribution < -0.4 is 5.32 Å². The Balaban J connectivity index is 2.01. The lowest BCUT2D eigenvalue weighted by Gasteiger charge is -2.21. The zero-order valence-electron chi connectivity index (χ0n) is 17.1. The lowest BCUT2D eigenvalue weighted by Crippen LogP contribution is -2.32. The van der Waals surface area contributed by atoms with Crippen LogP contribution in [-0.2, 0) is 4.79 Å². The molecule has 0 spiro atoms. The first-order valence-corrected chi connectivity index (χ1v) is 10.5. The highest BCUT2D eigenvalue weighted by atomic mass is 16.1. The summed E-state index contributed by atoms with van der Waals surface area (Å²) in [5.74, 6) is 0.219. The highest BCUT2D eigenvalue weighted by Gasteiger charge is 2.14. The molecule has 0 saturated carbocycles. The molecule has 1 saturated heterocycles. The minimum Gasteiger partial charge on any atom is -0.356 e. The van der Waals surface area contributed by atoms with Crippen molar-refractivity contribution in [2.75, 3.05) is 66.5 Å². The second-order valence-electron chi connectivity index (χ2n) is 7.71. The van der Waals surface area contributed by atoms with Gasteiger partial charge in [-0.3, -0.25) is 4.79 Å². The molecule has 0 aromatic heterocycles. The van der Waals surface area contributed by atoms with Crippen molar-refractivity contribution in [2.24, 2.45) is 0 Å². The zero-order chi connectivity index (χ0) is 18.3. The molecule has 1 aliphatic rings. The maximum atomic E-state index is 11.8. The minimum atomic E-state index is 0.219. The van der Waals surface area contributed by atoms with Gasteiger partial charge in [-0.2, -0.15) is 0 Å². The van der Waals surface area contributed by atoms with E-state index in [1.807, 2.05) is 0 Å². The van der Waals surface area contributed by atoms with Gasteiger partial charge in [0.25, 0.3) is 0 Å². The molecule has 0 atom stereocenters. The molecule has 0 unspecified atom stereocenters. The summed E-state index contributed by atoms with van der Waals surface area (Å²) in [7, 11) is 4.13. The number of hydrogen-bond donors (Lipinski definition) is 1. The number of carbonyl (C=O) groups excluding carboxylic acids is 1. The molecule has 1 rings (SSSR count). The van der Waals surface area contributed by atoms with E-state index in [0.29, 0.717) is 6.42 Å². The van der Waals surface area contributed by atoms with Crippen molar-refractivity contribution < 1.29 is 4.79 Å². The number of rotatable bonds is 13. The molecule has 1 aliphatic heterocycles. The molecule has 5 nitrogen and oxygen atoms in total. The molecule has 5 heteroatoms. The summed E-state index contributed by atoms with van der Waals surface area (Å²) in [5.41, 5.74) is 0. The second kappa shape index (κ2) is 14.5. The normalized spacial score (nSPS) is 17.0. The molecule has 0 radical (unpaired) electrons. The predicted octanol–water partition coefficient (Wildman–Crippen LogP) is 2.42. The Bertz CT molecular complexity index is 336. The van der Waals surface area contributed by atoms with Crippen LogP contribution in [-0.4, -0.2) is 87.1 Å². The van der Waals surface area contributed by atoms with Crippen molar-refractivity contribution in [3.63, 3.8) is 0 Å². The largest absolute Gasteiger partial charge is 0.356 e. The topological polar surface area (TPSA) is 38.8 Å². The third kappa shape index (κ3) is 12.4. The van der Waals surface area contributed by atoms with E-state index in [1.54, 1.807) is 0 Å². The van der Waals surface area contributed by atoms with Crippen LogP contribution in [0.4, 0.5) is 0 Å². The molecule has 1 N–H and O–H groups in total. The first-order chi connectivity index (χ1) is 12.1. The highest BCUT2D eigenvalue weighted by molar-refractivity contribution is 5.75. The number of carbonyl (C=O) groups is 1. The highest BCUT2D eigenvalue weighted by Crippen LogP contribution is 2.07. The van der Waals surface area contributed by atoms with E-state index in [1.165, 1.54) is 58.4 Å². The average Bonchev–Trinajstić information content (AvgIpc) is 2.81. The first kappa shape index (κ1) is 22.4. The van der Waals surface area contributed by atoms with Gasteiger partial charge in [0.1, 0.15) is 0 Å². The number of unbranched alkanes of at least 4 members (excludes halogenated alkanes) is 3. The summed E-state index contributed by atoms with van der Waals surface area (Å²) in [6.45, 7) is 11.4. The quantitative estimate of drug-likeness (QED) is 0.516. The van der Waals surface area contributed by atoms with Gasteiger partial charge in [-0.25, -0.2) is 0 Å². The van der Waals surface area contributed by atoms with Gasteiger partial charge in [-0.05, 0) is 78.9 Å². The van der Waals surface area contributed by atoms with Crippen molar-refractivity contribution in [3.8, 4) is 0 Å². The summed E-state index contributed by atoms with van der Waals surface area (Å²) in [5, 5.41) is 3.03. The van der Waals surface area contributed by atoms with Crippen LogP contribution >= 0.6 is 0 Å². The summed E-state index contributed by atoms with van der Waals surface area (Å²) in [6.07, 6.45) is 9.16. The maximum Gasteiger partial charge on any atom is 0.219 e. The average molecular weight is 355 g/mol. The van der Waals surface area contributed by atoms with Gasteiger partial charge < -0.3 is 20.0 Å². The Kier molecular flexibility index (Phi) is 13.0. The van der Waals surface area contributed by atoms with Gasteiger partial charge in [0, 0.05) is 26.1 Å². The third-order valence-corrected chi connectivity index (χ3v) is 4.99. The fourth-order valence-corrected chi connectivity index (χ4v) is 3.39. The van der Waals surface area contributed by atoms with E-state index in [4.69, 9.17) is 0 Å². The maximum absolute atomic E-state index is 11.8. The Labute approximate surface area is 156 Å². The lowest BCUT2D eigenvalue weighted by atomic mass is 10.2.